The van der Waals surface area contributed by atoms with E-state index in [2.05, 4.69) is 5.32 Å². The zero-order chi connectivity index (χ0) is 14.1. The van der Waals surface area contributed by atoms with Crippen molar-refractivity contribution in [3.63, 3.8) is 0 Å². The summed E-state index contributed by atoms with van der Waals surface area (Å²) in [5, 5.41) is 2.86. The largest absolute Gasteiger partial charge is 0.492 e. The van der Waals surface area contributed by atoms with E-state index in [1.165, 1.54) is 12.8 Å². The second-order valence-corrected chi connectivity index (χ2v) is 5.45. The van der Waals surface area contributed by atoms with E-state index in [0.717, 1.165) is 29.4 Å². The zero-order valence-electron chi connectivity index (χ0n) is 12.0. The molecule has 2 aromatic heterocycles. The summed E-state index contributed by atoms with van der Waals surface area (Å²) < 4.78 is 7.71. The third kappa shape index (κ3) is 2.50. The highest BCUT2D eigenvalue weighted by Gasteiger charge is 2.22. The van der Waals surface area contributed by atoms with E-state index in [-0.39, 0.29) is 5.91 Å². The number of carbonyl (C=O) groups is 1. The Morgan fingerprint density at radius 2 is 2.25 bits per heavy atom. The highest BCUT2D eigenvalue weighted by molar-refractivity contribution is 5.95. The van der Waals surface area contributed by atoms with Gasteiger partial charge in [-0.05, 0) is 56.4 Å². The van der Waals surface area contributed by atoms with Crippen LogP contribution in [0.15, 0.2) is 24.4 Å². The van der Waals surface area contributed by atoms with Crippen LogP contribution in [-0.2, 0) is 0 Å². The number of nitrogens with zero attached hydrogens (tertiary/aromatic N) is 1. The number of rotatable bonds is 5. The van der Waals surface area contributed by atoms with Crippen LogP contribution in [-0.4, -0.2) is 23.5 Å². The minimum absolute atomic E-state index is 0.0376. The monoisotopic (exact) mass is 272 g/mol. The van der Waals surface area contributed by atoms with Crippen LogP contribution >= 0.6 is 0 Å². The van der Waals surface area contributed by atoms with Crippen LogP contribution in [0.25, 0.3) is 5.52 Å². The Hall–Kier alpha value is -1.97. The summed E-state index contributed by atoms with van der Waals surface area (Å²) in [5.41, 5.74) is 2.69. The SMILES string of the molecule is CCNC(=O)c1c(C)cc2ccc(OCC3CC3)cn12. The lowest BCUT2D eigenvalue weighted by Crippen LogP contribution is -2.24. The maximum absolute atomic E-state index is 12.2. The first kappa shape index (κ1) is 13.0. The van der Waals surface area contributed by atoms with Crippen molar-refractivity contribution in [2.75, 3.05) is 13.2 Å². The van der Waals surface area contributed by atoms with E-state index >= 15 is 0 Å². The lowest BCUT2D eigenvalue weighted by atomic mass is 10.2. The van der Waals surface area contributed by atoms with Gasteiger partial charge in [-0.25, -0.2) is 0 Å². The molecule has 4 nitrogen and oxygen atoms in total. The molecule has 3 rings (SSSR count). The minimum atomic E-state index is -0.0376. The van der Waals surface area contributed by atoms with Crippen LogP contribution in [0, 0.1) is 12.8 Å². The molecule has 1 aliphatic carbocycles. The van der Waals surface area contributed by atoms with Gasteiger partial charge in [0.2, 0.25) is 0 Å². The number of aromatic nitrogens is 1. The first-order valence-electron chi connectivity index (χ1n) is 7.21. The Kier molecular flexibility index (Phi) is 3.38. The Balaban J connectivity index is 1.93. The number of amides is 1. The Bertz CT molecular complexity index is 641. The van der Waals surface area contributed by atoms with Crippen LogP contribution in [0.2, 0.25) is 0 Å². The van der Waals surface area contributed by atoms with Crippen molar-refractivity contribution in [2.24, 2.45) is 5.92 Å². The van der Waals surface area contributed by atoms with Crippen LogP contribution < -0.4 is 10.1 Å². The molecule has 0 bridgehead atoms. The lowest BCUT2D eigenvalue weighted by Gasteiger charge is -2.08. The van der Waals surface area contributed by atoms with Gasteiger partial charge in [0.25, 0.3) is 5.91 Å². The molecule has 20 heavy (non-hydrogen) atoms. The number of pyridine rings is 1. The summed E-state index contributed by atoms with van der Waals surface area (Å²) in [6, 6.07) is 5.99. The Morgan fingerprint density at radius 3 is 2.95 bits per heavy atom. The van der Waals surface area contributed by atoms with Crippen LogP contribution in [0.3, 0.4) is 0 Å². The molecule has 0 atom stereocenters. The van der Waals surface area contributed by atoms with E-state index in [1.807, 2.05) is 42.6 Å². The number of nitrogens with one attached hydrogen (secondary N) is 1. The average Bonchev–Trinajstić information content (AvgIpc) is 3.18. The molecule has 0 aromatic carbocycles. The second-order valence-electron chi connectivity index (χ2n) is 5.45. The van der Waals surface area contributed by atoms with E-state index in [9.17, 15) is 4.79 Å². The average molecular weight is 272 g/mol. The molecule has 2 aromatic rings. The van der Waals surface area contributed by atoms with Gasteiger partial charge in [-0.15, -0.1) is 0 Å². The van der Waals surface area contributed by atoms with E-state index in [1.54, 1.807) is 0 Å². The fourth-order valence-electron chi connectivity index (χ4n) is 2.40. The van der Waals surface area contributed by atoms with Gasteiger partial charge in [-0.3, -0.25) is 4.79 Å². The van der Waals surface area contributed by atoms with Gasteiger partial charge in [0.1, 0.15) is 11.4 Å². The predicted molar refractivity (Wildman–Crippen MR) is 78.4 cm³/mol. The number of hydrogen-bond donors (Lipinski definition) is 1. The highest BCUT2D eigenvalue weighted by Crippen LogP contribution is 2.30. The van der Waals surface area contributed by atoms with Gasteiger partial charge in [0, 0.05) is 12.1 Å². The van der Waals surface area contributed by atoms with E-state index < -0.39 is 0 Å². The quantitative estimate of drug-likeness (QED) is 0.909. The second kappa shape index (κ2) is 5.19. The molecule has 0 unspecified atom stereocenters. The van der Waals surface area contributed by atoms with Crippen molar-refractivity contribution >= 4 is 11.4 Å². The molecular weight excluding hydrogens is 252 g/mol. The molecule has 1 aliphatic rings. The third-order valence-corrected chi connectivity index (χ3v) is 3.67. The van der Waals surface area contributed by atoms with Crippen molar-refractivity contribution in [1.29, 1.82) is 0 Å². The summed E-state index contributed by atoms with van der Waals surface area (Å²) in [7, 11) is 0. The molecule has 1 fully saturated rings. The zero-order valence-corrected chi connectivity index (χ0v) is 12.0. The number of hydrogen-bond acceptors (Lipinski definition) is 2. The molecule has 0 radical (unpaired) electrons. The van der Waals surface area contributed by atoms with Gasteiger partial charge in [0.15, 0.2) is 0 Å². The fourth-order valence-corrected chi connectivity index (χ4v) is 2.40. The standard InChI is InChI=1S/C16H20N2O2/c1-3-17-16(19)15-11(2)8-13-6-7-14(9-18(13)15)20-10-12-4-5-12/h6-9,12H,3-5,10H2,1-2H3,(H,17,19). The topological polar surface area (TPSA) is 42.7 Å². The van der Waals surface area contributed by atoms with Crippen molar-refractivity contribution in [3.05, 3.63) is 35.7 Å². The smallest absolute Gasteiger partial charge is 0.268 e. The van der Waals surface area contributed by atoms with Crippen LogP contribution in [0.1, 0.15) is 35.8 Å². The molecule has 1 saturated carbocycles. The van der Waals surface area contributed by atoms with Crippen molar-refractivity contribution in [2.45, 2.75) is 26.7 Å². The summed E-state index contributed by atoms with van der Waals surface area (Å²) in [6.07, 6.45) is 4.46. The van der Waals surface area contributed by atoms with Gasteiger partial charge in [-0.2, -0.15) is 0 Å². The Morgan fingerprint density at radius 1 is 1.45 bits per heavy atom. The molecule has 0 aliphatic heterocycles. The molecule has 2 heterocycles. The minimum Gasteiger partial charge on any atom is -0.492 e. The number of fused-ring (bicyclic) bond motifs is 1. The van der Waals surface area contributed by atoms with Gasteiger partial charge in [0.05, 0.1) is 12.8 Å². The van der Waals surface area contributed by atoms with Crippen molar-refractivity contribution in [3.8, 4) is 5.75 Å². The van der Waals surface area contributed by atoms with Gasteiger partial charge in [-0.1, -0.05) is 0 Å². The molecule has 0 saturated heterocycles. The molecule has 1 amide bonds. The summed E-state index contributed by atoms with van der Waals surface area (Å²) >= 11 is 0. The lowest BCUT2D eigenvalue weighted by molar-refractivity contribution is 0.0949. The van der Waals surface area contributed by atoms with Crippen molar-refractivity contribution in [1.82, 2.24) is 9.72 Å². The van der Waals surface area contributed by atoms with Gasteiger partial charge < -0.3 is 14.5 Å². The van der Waals surface area contributed by atoms with E-state index in [0.29, 0.717) is 12.2 Å². The summed E-state index contributed by atoms with van der Waals surface area (Å²) in [4.78, 5) is 12.2. The number of ether oxygens (including phenoxy) is 1. The number of carbonyl (C=O) groups excluding carboxylic acids is 1. The number of aryl methyl sites for hydroxylation is 1. The maximum atomic E-state index is 12.2. The summed E-state index contributed by atoms with van der Waals surface area (Å²) in [5.74, 6) is 1.51. The molecule has 0 spiro atoms. The maximum Gasteiger partial charge on any atom is 0.268 e. The first-order valence-corrected chi connectivity index (χ1v) is 7.21. The van der Waals surface area contributed by atoms with Gasteiger partial charge >= 0.3 is 0 Å². The molecule has 106 valence electrons. The highest BCUT2D eigenvalue weighted by atomic mass is 16.5. The molecular formula is C16H20N2O2. The molecule has 4 heteroatoms. The fraction of sp³-hybridized carbons (Fsp3) is 0.438. The Labute approximate surface area is 118 Å². The van der Waals surface area contributed by atoms with Crippen LogP contribution in [0.5, 0.6) is 5.75 Å². The van der Waals surface area contributed by atoms with Crippen LogP contribution in [0.4, 0.5) is 0 Å². The third-order valence-electron chi connectivity index (χ3n) is 3.67. The first-order chi connectivity index (χ1) is 9.69. The van der Waals surface area contributed by atoms with E-state index in [4.69, 9.17) is 4.74 Å². The summed E-state index contributed by atoms with van der Waals surface area (Å²) in [6.45, 7) is 5.29. The normalized spacial score (nSPS) is 14.5. The predicted octanol–water partition coefficient (Wildman–Crippen LogP) is 2.79. The molecule has 1 N–H and O–H groups in total. The van der Waals surface area contributed by atoms with Crippen molar-refractivity contribution < 1.29 is 9.53 Å².